The van der Waals surface area contributed by atoms with E-state index in [0.29, 0.717) is 11.6 Å². The van der Waals surface area contributed by atoms with Gasteiger partial charge in [-0.25, -0.2) is 22.8 Å². The number of allylic oxidation sites excluding steroid dienone is 1. The number of nitrogens with one attached hydrogen (secondary N) is 1. The second-order valence-electron chi connectivity index (χ2n) is 6.68. The molecule has 0 saturated carbocycles. The maximum absolute atomic E-state index is 11.2. The number of aromatic nitrogens is 3. The van der Waals surface area contributed by atoms with Crippen LogP contribution in [0.4, 0.5) is 0 Å². The Labute approximate surface area is 176 Å². The summed E-state index contributed by atoms with van der Waals surface area (Å²) < 4.78 is 37.7. The molecule has 8 nitrogen and oxygen atoms in total. The number of para-hydroxylation sites is 1. The van der Waals surface area contributed by atoms with Crippen molar-refractivity contribution in [3.8, 4) is 28.6 Å². The van der Waals surface area contributed by atoms with E-state index in [1.54, 1.807) is 24.1 Å². The predicted molar refractivity (Wildman–Crippen MR) is 116 cm³/mol. The number of methoxy groups -OCH3 is 1. The molecule has 158 valence electrons. The molecule has 0 aliphatic rings. The van der Waals surface area contributed by atoms with E-state index >= 15 is 0 Å². The Kier molecular flexibility index (Phi) is 6.53. The third kappa shape index (κ3) is 5.25. The average molecular weight is 429 g/mol. The van der Waals surface area contributed by atoms with Gasteiger partial charge in [-0.05, 0) is 36.8 Å². The van der Waals surface area contributed by atoms with E-state index in [1.807, 2.05) is 43.3 Å². The number of sulfonamides is 1. The van der Waals surface area contributed by atoms with Crippen LogP contribution in [0.2, 0.25) is 0 Å². The lowest BCUT2D eigenvalue weighted by molar-refractivity contribution is 0.324. The van der Waals surface area contributed by atoms with Crippen LogP contribution in [0.1, 0.15) is 12.6 Å². The van der Waals surface area contributed by atoms with Crippen molar-refractivity contribution in [3.05, 3.63) is 60.9 Å². The fourth-order valence-electron chi connectivity index (χ4n) is 2.79. The van der Waals surface area contributed by atoms with Crippen LogP contribution < -0.4 is 14.2 Å². The summed E-state index contributed by atoms with van der Waals surface area (Å²) in [6.07, 6.45) is 2.79. The van der Waals surface area contributed by atoms with E-state index in [4.69, 9.17) is 9.47 Å². The number of ether oxygens (including phenoxy) is 2. The van der Waals surface area contributed by atoms with Gasteiger partial charge in [0.25, 0.3) is 0 Å². The molecule has 1 N–H and O–H groups in total. The van der Waals surface area contributed by atoms with Crippen LogP contribution in [0, 0.1) is 0 Å². The number of rotatable bonds is 9. The van der Waals surface area contributed by atoms with Gasteiger partial charge < -0.3 is 9.47 Å². The Bertz CT molecular complexity index is 1140. The molecule has 9 heteroatoms. The molecule has 30 heavy (non-hydrogen) atoms. The van der Waals surface area contributed by atoms with E-state index in [1.165, 1.54) is 0 Å². The van der Waals surface area contributed by atoms with Gasteiger partial charge in [0.15, 0.2) is 0 Å². The van der Waals surface area contributed by atoms with Crippen LogP contribution in [0.5, 0.6) is 11.6 Å². The number of benzene rings is 1. The molecule has 2 aromatic heterocycles. The SMILES string of the molecule is C=C(C)c1cc(-c2ccccc2OCCNS(C)(=O)=O)n(-c2ccc(OC)nc2)n1. The van der Waals surface area contributed by atoms with Crippen LogP contribution in [-0.2, 0) is 10.0 Å². The van der Waals surface area contributed by atoms with Gasteiger partial charge in [-0.2, -0.15) is 5.10 Å². The number of pyridine rings is 1. The monoisotopic (exact) mass is 428 g/mol. The van der Waals surface area contributed by atoms with E-state index in [2.05, 4.69) is 21.4 Å². The highest BCUT2D eigenvalue weighted by Gasteiger charge is 2.16. The highest BCUT2D eigenvalue weighted by atomic mass is 32.2. The van der Waals surface area contributed by atoms with Crippen molar-refractivity contribution in [1.29, 1.82) is 0 Å². The standard InChI is InChI=1S/C21H24N4O4S/c1-15(2)18-13-19(25(24-18)16-9-10-21(28-3)22-14-16)17-7-5-6-8-20(17)29-12-11-23-30(4,26)27/h5-10,13-14,23H,1,11-12H2,2-4H3. The second kappa shape index (κ2) is 9.10. The quantitative estimate of drug-likeness (QED) is 0.527. The summed E-state index contributed by atoms with van der Waals surface area (Å²) in [5.74, 6) is 1.12. The summed E-state index contributed by atoms with van der Waals surface area (Å²) in [6, 6.07) is 13.1. The molecular weight excluding hydrogens is 404 g/mol. The zero-order chi connectivity index (χ0) is 21.7. The van der Waals surface area contributed by atoms with Crippen molar-refractivity contribution in [2.45, 2.75) is 6.92 Å². The maximum atomic E-state index is 11.2. The molecule has 2 heterocycles. The van der Waals surface area contributed by atoms with Crippen molar-refractivity contribution in [2.75, 3.05) is 26.5 Å². The molecule has 0 fully saturated rings. The lowest BCUT2D eigenvalue weighted by atomic mass is 10.1. The maximum Gasteiger partial charge on any atom is 0.213 e. The Hall–Kier alpha value is -3.17. The Morgan fingerprint density at radius 2 is 2.00 bits per heavy atom. The predicted octanol–water partition coefficient (Wildman–Crippen LogP) is 2.90. The zero-order valence-corrected chi connectivity index (χ0v) is 17.9. The molecule has 3 aromatic rings. The molecule has 0 aliphatic heterocycles. The van der Waals surface area contributed by atoms with Crippen LogP contribution in [0.3, 0.4) is 0 Å². The molecule has 0 bridgehead atoms. The van der Waals surface area contributed by atoms with E-state index in [0.717, 1.165) is 34.5 Å². The summed E-state index contributed by atoms with van der Waals surface area (Å²) in [4.78, 5) is 4.27. The first-order valence-corrected chi connectivity index (χ1v) is 11.1. The lowest BCUT2D eigenvalue weighted by Crippen LogP contribution is -2.26. The largest absolute Gasteiger partial charge is 0.492 e. The lowest BCUT2D eigenvalue weighted by Gasteiger charge is -2.13. The smallest absolute Gasteiger partial charge is 0.213 e. The summed E-state index contributed by atoms with van der Waals surface area (Å²) in [7, 11) is -1.70. The molecule has 0 amide bonds. The van der Waals surface area contributed by atoms with Crippen molar-refractivity contribution in [3.63, 3.8) is 0 Å². The minimum atomic E-state index is -3.27. The number of nitrogens with zero attached hydrogens (tertiary/aromatic N) is 3. The second-order valence-corrected chi connectivity index (χ2v) is 8.51. The van der Waals surface area contributed by atoms with Gasteiger partial charge in [-0.15, -0.1) is 0 Å². The number of hydrogen-bond donors (Lipinski definition) is 1. The van der Waals surface area contributed by atoms with Crippen LogP contribution >= 0.6 is 0 Å². The Morgan fingerprint density at radius 3 is 2.63 bits per heavy atom. The molecule has 0 radical (unpaired) electrons. The van der Waals surface area contributed by atoms with Gasteiger partial charge >= 0.3 is 0 Å². The molecule has 3 rings (SSSR count). The molecule has 0 saturated heterocycles. The third-order valence-corrected chi connectivity index (χ3v) is 4.94. The number of hydrogen-bond acceptors (Lipinski definition) is 6. The van der Waals surface area contributed by atoms with Crippen LogP contribution in [0.25, 0.3) is 22.5 Å². The summed E-state index contributed by atoms with van der Waals surface area (Å²) in [6.45, 7) is 6.25. The van der Waals surface area contributed by atoms with Gasteiger partial charge in [0.05, 0.1) is 36.6 Å². The van der Waals surface area contributed by atoms with E-state index in [-0.39, 0.29) is 13.2 Å². The fraction of sp³-hybridized carbons (Fsp3) is 0.238. The first kappa shape index (κ1) is 21.5. The van der Waals surface area contributed by atoms with Crippen molar-refractivity contribution < 1.29 is 17.9 Å². The minimum Gasteiger partial charge on any atom is -0.492 e. The highest BCUT2D eigenvalue weighted by molar-refractivity contribution is 7.88. The normalized spacial score (nSPS) is 11.3. The van der Waals surface area contributed by atoms with Gasteiger partial charge in [-0.3, -0.25) is 0 Å². The fourth-order valence-corrected chi connectivity index (χ4v) is 3.24. The first-order chi connectivity index (χ1) is 14.3. The van der Waals surface area contributed by atoms with Gasteiger partial charge in [0.2, 0.25) is 15.9 Å². The van der Waals surface area contributed by atoms with Crippen molar-refractivity contribution >= 4 is 15.6 Å². The van der Waals surface area contributed by atoms with Crippen molar-refractivity contribution in [1.82, 2.24) is 19.5 Å². The van der Waals surface area contributed by atoms with Crippen molar-refractivity contribution in [2.24, 2.45) is 0 Å². The molecule has 0 atom stereocenters. The molecular formula is C21H24N4O4S. The average Bonchev–Trinajstić information content (AvgIpc) is 3.16. The Balaban J connectivity index is 1.97. The molecule has 1 aromatic carbocycles. The molecule has 0 spiro atoms. The summed E-state index contributed by atoms with van der Waals surface area (Å²) in [5, 5.41) is 4.67. The summed E-state index contributed by atoms with van der Waals surface area (Å²) >= 11 is 0. The van der Waals surface area contributed by atoms with E-state index < -0.39 is 10.0 Å². The topological polar surface area (TPSA) is 95.3 Å². The minimum absolute atomic E-state index is 0.172. The van der Waals surface area contributed by atoms with Gasteiger partial charge in [0, 0.05) is 18.2 Å². The molecule has 0 unspecified atom stereocenters. The zero-order valence-electron chi connectivity index (χ0n) is 17.1. The Morgan fingerprint density at radius 1 is 1.23 bits per heavy atom. The van der Waals surface area contributed by atoms with E-state index in [9.17, 15) is 8.42 Å². The first-order valence-electron chi connectivity index (χ1n) is 9.21. The summed E-state index contributed by atoms with van der Waals surface area (Å²) in [5.41, 5.74) is 3.94. The van der Waals surface area contributed by atoms with Gasteiger partial charge in [-0.1, -0.05) is 18.7 Å². The van der Waals surface area contributed by atoms with Crippen LogP contribution in [0.15, 0.2) is 55.2 Å². The highest BCUT2D eigenvalue weighted by Crippen LogP contribution is 2.33. The third-order valence-electron chi connectivity index (χ3n) is 4.21. The molecule has 0 aliphatic carbocycles. The van der Waals surface area contributed by atoms with Crippen LogP contribution in [-0.4, -0.2) is 49.7 Å². The van der Waals surface area contributed by atoms with Gasteiger partial charge in [0.1, 0.15) is 12.4 Å².